The summed E-state index contributed by atoms with van der Waals surface area (Å²) in [6, 6.07) is 17.7. The van der Waals surface area contributed by atoms with Gasteiger partial charge in [-0.25, -0.2) is 4.79 Å². The van der Waals surface area contributed by atoms with E-state index in [-0.39, 0.29) is 29.3 Å². The lowest BCUT2D eigenvalue weighted by molar-refractivity contribution is -0.142. The summed E-state index contributed by atoms with van der Waals surface area (Å²) in [5, 5.41) is 11.2. The van der Waals surface area contributed by atoms with Crippen LogP contribution in [-0.2, 0) is 14.3 Å². The summed E-state index contributed by atoms with van der Waals surface area (Å²) in [7, 11) is 1.45. The third-order valence-corrected chi connectivity index (χ3v) is 5.45. The molecule has 0 bridgehead atoms. The third-order valence-electron chi connectivity index (χ3n) is 5.45. The van der Waals surface area contributed by atoms with E-state index in [0.29, 0.717) is 33.9 Å². The van der Waals surface area contributed by atoms with Crippen LogP contribution in [0, 0.1) is 11.3 Å². The number of ketones is 2. The van der Waals surface area contributed by atoms with Crippen LogP contribution >= 0.6 is 0 Å². The minimum atomic E-state index is -0.748. The van der Waals surface area contributed by atoms with Crippen molar-refractivity contribution in [2.75, 3.05) is 25.6 Å². The number of hydrogen-bond acceptors (Lipinski definition) is 8. The van der Waals surface area contributed by atoms with Gasteiger partial charge in [0, 0.05) is 34.0 Å². The van der Waals surface area contributed by atoms with Crippen LogP contribution in [0.4, 0.5) is 5.69 Å². The van der Waals surface area contributed by atoms with Crippen LogP contribution < -0.4 is 14.8 Å². The number of nitrogens with one attached hydrogen (secondary N) is 1. The Balaban J connectivity index is 1.34. The Morgan fingerprint density at radius 2 is 1.62 bits per heavy atom. The summed E-state index contributed by atoms with van der Waals surface area (Å²) < 4.78 is 15.4. The van der Waals surface area contributed by atoms with E-state index in [1.165, 1.54) is 31.4 Å². The molecule has 4 rings (SSSR count). The van der Waals surface area contributed by atoms with E-state index < -0.39 is 18.5 Å². The summed E-state index contributed by atoms with van der Waals surface area (Å²) in [5.74, 6) is -1.15. The number of nitriles is 1. The molecule has 0 spiro atoms. The molecule has 0 fully saturated rings. The van der Waals surface area contributed by atoms with Crippen molar-refractivity contribution >= 4 is 35.2 Å². The van der Waals surface area contributed by atoms with Crippen LogP contribution in [0.15, 0.2) is 66.7 Å². The molecule has 0 saturated carbocycles. The zero-order valence-corrected chi connectivity index (χ0v) is 19.6. The maximum atomic E-state index is 12.8. The van der Waals surface area contributed by atoms with E-state index in [2.05, 4.69) is 5.32 Å². The zero-order chi connectivity index (χ0) is 26.4. The second kappa shape index (κ2) is 11.0. The zero-order valence-electron chi connectivity index (χ0n) is 19.6. The standard InChI is InChI=1S/C28H20N2O7/c1-35-24-14-17(6-10-23(24)36-13-12-29)7-11-26(32)37-16-25(31)30-18-8-9-21-22(15-18)28(34)20-5-3-2-4-19(20)27(21)33/h2-11,14-15H,13,16H2,1H3,(H,30,31)/b11-7+. The second-order valence-electron chi connectivity index (χ2n) is 7.81. The highest BCUT2D eigenvalue weighted by Crippen LogP contribution is 2.30. The number of benzene rings is 3. The van der Waals surface area contributed by atoms with Crippen molar-refractivity contribution in [1.82, 2.24) is 0 Å². The van der Waals surface area contributed by atoms with Crippen molar-refractivity contribution in [1.29, 1.82) is 5.26 Å². The molecule has 0 radical (unpaired) electrons. The molecular formula is C28H20N2O7. The van der Waals surface area contributed by atoms with Gasteiger partial charge in [0.2, 0.25) is 0 Å². The van der Waals surface area contributed by atoms with Gasteiger partial charge < -0.3 is 19.5 Å². The number of carbonyl (C=O) groups is 4. The number of nitrogens with zero attached hydrogens (tertiary/aromatic N) is 1. The fourth-order valence-corrected chi connectivity index (χ4v) is 3.74. The van der Waals surface area contributed by atoms with E-state index in [1.54, 1.807) is 42.5 Å². The summed E-state index contributed by atoms with van der Waals surface area (Å²) in [5.41, 5.74) is 2.02. The minimum absolute atomic E-state index is 0.131. The van der Waals surface area contributed by atoms with Crippen LogP contribution in [0.2, 0.25) is 0 Å². The molecule has 37 heavy (non-hydrogen) atoms. The predicted octanol–water partition coefficient (Wildman–Crippen LogP) is 3.57. The molecule has 1 N–H and O–H groups in total. The SMILES string of the molecule is COc1cc(/C=C/C(=O)OCC(=O)Nc2ccc3c(c2)C(=O)c2ccccc2C3=O)ccc1OCC#N. The topological polar surface area (TPSA) is 132 Å². The molecule has 9 heteroatoms. The lowest BCUT2D eigenvalue weighted by Crippen LogP contribution is -2.23. The van der Waals surface area contributed by atoms with Crippen molar-refractivity contribution in [3.63, 3.8) is 0 Å². The van der Waals surface area contributed by atoms with Gasteiger partial charge in [-0.1, -0.05) is 30.3 Å². The molecule has 3 aromatic rings. The number of fused-ring (bicyclic) bond motifs is 2. The van der Waals surface area contributed by atoms with Gasteiger partial charge in [0.05, 0.1) is 7.11 Å². The molecule has 1 aliphatic carbocycles. The maximum absolute atomic E-state index is 12.8. The van der Waals surface area contributed by atoms with Crippen molar-refractivity contribution in [2.45, 2.75) is 0 Å². The van der Waals surface area contributed by atoms with E-state index in [4.69, 9.17) is 19.5 Å². The van der Waals surface area contributed by atoms with E-state index in [0.717, 1.165) is 6.08 Å². The third kappa shape index (κ3) is 5.55. The molecule has 1 aliphatic rings. The lowest BCUT2D eigenvalue weighted by atomic mass is 9.84. The van der Waals surface area contributed by atoms with E-state index in [1.807, 2.05) is 6.07 Å². The number of anilines is 1. The summed E-state index contributed by atoms with van der Waals surface area (Å²) in [4.78, 5) is 49.9. The average Bonchev–Trinajstić information content (AvgIpc) is 2.92. The number of ether oxygens (including phenoxy) is 3. The van der Waals surface area contributed by atoms with Gasteiger partial charge in [-0.3, -0.25) is 14.4 Å². The van der Waals surface area contributed by atoms with Crippen molar-refractivity contribution in [2.24, 2.45) is 0 Å². The van der Waals surface area contributed by atoms with Gasteiger partial charge in [-0.05, 0) is 42.0 Å². The lowest BCUT2D eigenvalue weighted by Gasteiger charge is -2.18. The molecule has 0 aliphatic heterocycles. The molecule has 9 nitrogen and oxygen atoms in total. The van der Waals surface area contributed by atoms with Gasteiger partial charge in [-0.2, -0.15) is 5.26 Å². The second-order valence-corrected chi connectivity index (χ2v) is 7.81. The molecular weight excluding hydrogens is 476 g/mol. The normalized spacial score (nSPS) is 11.8. The number of rotatable bonds is 8. The fraction of sp³-hybridized carbons (Fsp3) is 0.107. The first-order chi connectivity index (χ1) is 17.9. The van der Waals surface area contributed by atoms with Gasteiger partial charge >= 0.3 is 5.97 Å². The van der Waals surface area contributed by atoms with Crippen LogP contribution in [0.3, 0.4) is 0 Å². The smallest absolute Gasteiger partial charge is 0.331 e. The Hall–Kier alpha value is -5.23. The molecule has 184 valence electrons. The minimum Gasteiger partial charge on any atom is -0.493 e. The largest absolute Gasteiger partial charge is 0.493 e. The quantitative estimate of drug-likeness (QED) is 0.289. The first-order valence-corrected chi connectivity index (χ1v) is 11.1. The van der Waals surface area contributed by atoms with E-state index in [9.17, 15) is 19.2 Å². The monoisotopic (exact) mass is 496 g/mol. The maximum Gasteiger partial charge on any atom is 0.331 e. The molecule has 1 amide bonds. The fourth-order valence-electron chi connectivity index (χ4n) is 3.74. The number of hydrogen-bond donors (Lipinski definition) is 1. The van der Waals surface area contributed by atoms with E-state index >= 15 is 0 Å². The highest BCUT2D eigenvalue weighted by molar-refractivity contribution is 6.28. The molecule has 3 aromatic carbocycles. The molecule has 0 heterocycles. The Labute approximate surface area is 211 Å². The molecule has 0 unspecified atom stereocenters. The molecule has 0 saturated heterocycles. The number of carbonyl (C=O) groups excluding carboxylic acids is 4. The summed E-state index contributed by atoms with van der Waals surface area (Å²) in [6.07, 6.45) is 2.62. The summed E-state index contributed by atoms with van der Waals surface area (Å²) in [6.45, 7) is -0.686. The number of esters is 1. The van der Waals surface area contributed by atoms with Gasteiger partial charge in [0.1, 0.15) is 6.07 Å². The van der Waals surface area contributed by atoms with Crippen LogP contribution in [0.1, 0.15) is 37.4 Å². The highest BCUT2D eigenvalue weighted by Gasteiger charge is 2.29. The Morgan fingerprint density at radius 3 is 2.32 bits per heavy atom. The van der Waals surface area contributed by atoms with Crippen molar-refractivity contribution < 1.29 is 33.4 Å². The Kier molecular flexibility index (Phi) is 7.40. The van der Waals surface area contributed by atoms with Crippen LogP contribution in [-0.4, -0.2) is 43.8 Å². The number of amides is 1. The average molecular weight is 496 g/mol. The number of methoxy groups -OCH3 is 1. The van der Waals surface area contributed by atoms with Crippen LogP contribution in [0.5, 0.6) is 11.5 Å². The first kappa shape index (κ1) is 24.9. The highest BCUT2D eigenvalue weighted by atomic mass is 16.5. The summed E-state index contributed by atoms with van der Waals surface area (Å²) >= 11 is 0. The van der Waals surface area contributed by atoms with Crippen molar-refractivity contribution in [3.05, 3.63) is 94.6 Å². The first-order valence-electron chi connectivity index (χ1n) is 11.1. The van der Waals surface area contributed by atoms with Gasteiger partial charge in [0.15, 0.2) is 36.3 Å². The van der Waals surface area contributed by atoms with Gasteiger partial charge in [0.25, 0.3) is 5.91 Å². The molecule has 0 aromatic heterocycles. The van der Waals surface area contributed by atoms with Gasteiger partial charge in [-0.15, -0.1) is 0 Å². The molecule has 0 atom stereocenters. The predicted molar refractivity (Wildman–Crippen MR) is 132 cm³/mol. The van der Waals surface area contributed by atoms with Crippen molar-refractivity contribution in [3.8, 4) is 17.6 Å². The Bertz CT molecular complexity index is 1480. The Morgan fingerprint density at radius 1 is 0.919 bits per heavy atom. The van der Waals surface area contributed by atoms with Crippen LogP contribution in [0.25, 0.3) is 6.08 Å².